The van der Waals surface area contributed by atoms with Gasteiger partial charge in [-0.05, 0) is 18.6 Å². The van der Waals surface area contributed by atoms with Crippen LogP contribution >= 0.6 is 11.6 Å². The van der Waals surface area contributed by atoms with Gasteiger partial charge in [-0.2, -0.15) is 0 Å². The first-order valence-electron chi connectivity index (χ1n) is 10.1. The van der Waals surface area contributed by atoms with Gasteiger partial charge in [0.1, 0.15) is 18.3 Å². The van der Waals surface area contributed by atoms with Crippen LogP contribution in [-0.4, -0.2) is 81.1 Å². The molecule has 12 N–H and O–H groups in total. The molecule has 0 spiro atoms. The fraction of sp³-hybridized carbons (Fsp3) is 0.550. The number of nitrogens with two attached hydrogens (primary N) is 2. The molecule has 0 bridgehead atoms. The van der Waals surface area contributed by atoms with Crippen LogP contribution in [0.15, 0.2) is 30.3 Å². The molecule has 13 heteroatoms. The molecule has 0 radical (unpaired) electrons. The number of aliphatic hydroxyl groups is 5. The van der Waals surface area contributed by atoms with Gasteiger partial charge in [0.15, 0.2) is 18.0 Å². The topological polar surface area (TPSA) is 239 Å². The number of hydrogen-bond acceptors (Lipinski definition) is 9. The monoisotopic (exact) mass is 493 g/mol. The van der Waals surface area contributed by atoms with Gasteiger partial charge in [0.25, 0.3) is 0 Å². The van der Waals surface area contributed by atoms with E-state index in [1.54, 1.807) is 0 Å². The van der Waals surface area contributed by atoms with E-state index in [1.165, 1.54) is 0 Å². The number of esters is 1. The van der Waals surface area contributed by atoms with E-state index in [1.807, 2.05) is 42.6 Å². The van der Waals surface area contributed by atoms with Crippen molar-refractivity contribution in [3.8, 4) is 0 Å². The highest BCUT2D eigenvalue weighted by Gasteiger charge is 2.35. The standard InChI is InChI=1S/C12H24O7.C6H5Cl.C2H7N5/c1-2-3-4-5-6-19-12(18)11(17)10(16)9(15)8(14)7-13;7-6-4-2-1-3-5-6;3-1(4)7-2(5)6/h8-11,13-17H,2-7H2,1H3;1-5H;(H7,3,4,5,6,7). The molecule has 0 aliphatic rings. The lowest BCUT2D eigenvalue weighted by Crippen LogP contribution is -2.49. The number of ether oxygens (including phenoxy) is 1. The largest absolute Gasteiger partial charge is 0.464 e. The maximum atomic E-state index is 11.3. The van der Waals surface area contributed by atoms with E-state index in [9.17, 15) is 20.1 Å². The van der Waals surface area contributed by atoms with E-state index in [4.69, 9.17) is 48.8 Å². The molecule has 0 aromatic heterocycles. The average Bonchev–Trinajstić information content (AvgIpc) is 2.77. The Morgan fingerprint density at radius 3 is 1.94 bits per heavy atom. The quantitative estimate of drug-likeness (QED) is 0.0845. The summed E-state index contributed by atoms with van der Waals surface area (Å²) in [5.41, 5.74) is 9.49. The molecule has 0 aliphatic heterocycles. The van der Waals surface area contributed by atoms with E-state index < -0.39 is 37.0 Å². The number of unbranched alkanes of at least 4 members (excludes halogenated alkanes) is 3. The average molecular weight is 494 g/mol. The number of hydrogen-bond donors (Lipinski definition) is 10. The number of benzene rings is 1. The second-order valence-electron chi connectivity index (χ2n) is 6.65. The van der Waals surface area contributed by atoms with Crippen LogP contribution in [-0.2, 0) is 9.53 Å². The minimum atomic E-state index is -1.96. The van der Waals surface area contributed by atoms with Crippen molar-refractivity contribution in [3.63, 3.8) is 0 Å². The van der Waals surface area contributed by atoms with Crippen LogP contribution in [0.4, 0.5) is 0 Å². The first kappa shape index (κ1) is 32.7. The highest BCUT2D eigenvalue weighted by atomic mass is 35.5. The van der Waals surface area contributed by atoms with Crippen LogP contribution in [0.3, 0.4) is 0 Å². The zero-order valence-electron chi connectivity index (χ0n) is 18.5. The van der Waals surface area contributed by atoms with Crippen molar-refractivity contribution in [2.75, 3.05) is 13.2 Å². The lowest BCUT2D eigenvalue weighted by molar-refractivity contribution is -0.170. The highest BCUT2D eigenvalue weighted by Crippen LogP contribution is 2.07. The molecule has 190 valence electrons. The van der Waals surface area contributed by atoms with Gasteiger partial charge in [-0.1, -0.05) is 56.0 Å². The third-order valence-corrected chi connectivity index (χ3v) is 3.99. The minimum absolute atomic E-state index is 0.126. The first-order valence-corrected chi connectivity index (χ1v) is 10.5. The molecule has 12 nitrogen and oxygen atoms in total. The number of nitrogens with one attached hydrogen (secondary N) is 3. The summed E-state index contributed by atoms with van der Waals surface area (Å²) >= 11 is 5.54. The zero-order valence-corrected chi connectivity index (χ0v) is 19.3. The molecule has 0 saturated carbocycles. The fourth-order valence-corrected chi connectivity index (χ4v) is 2.15. The van der Waals surface area contributed by atoms with Crippen LogP contribution in [0.2, 0.25) is 5.02 Å². The Kier molecular flexibility index (Phi) is 20.0. The second kappa shape index (κ2) is 20.1. The number of carbonyl (C=O) groups excluding carboxylic acids is 1. The van der Waals surface area contributed by atoms with E-state index in [2.05, 4.69) is 0 Å². The van der Waals surface area contributed by atoms with E-state index >= 15 is 0 Å². The summed E-state index contributed by atoms with van der Waals surface area (Å²) in [6.45, 7) is 1.37. The van der Waals surface area contributed by atoms with Crippen molar-refractivity contribution in [3.05, 3.63) is 35.4 Å². The normalized spacial score (nSPS) is 13.5. The van der Waals surface area contributed by atoms with Crippen molar-refractivity contribution in [1.29, 1.82) is 10.8 Å². The summed E-state index contributed by atoms with van der Waals surface area (Å²) < 4.78 is 4.73. The summed E-state index contributed by atoms with van der Waals surface area (Å²) in [6.07, 6.45) is -3.72. The van der Waals surface area contributed by atoms with Gasteiger partial charge in [0.2, 0.25) is 0 Å². The number of rotatable bonds is 10. The molecule has 4 atom stereocenters. The third kappa shape index (κ3) is 18.8. The number of carbonyl (C=O) groups is 1. The first-order chi connectivity index (χ1) is 15.5. The van der Waals surface area contributed by atoms with Crippen LogP contribution in [0.1, 0.15) is 32.6 Å². The fourth-order valence-electron chi connectivity index (χ4n) is 2.01. The molecule has 0 fully saturated rings. The predicted molar refractivity (Wildman–Crippen MR) is 125 cm³/mol. The molecule has 33 heavy (non-hydrogen) atoms. The minimum Gasteiger partial charge on any atom is -0.464 e. The Hall–Kier alpha value is -2.48. The van der Waals surface area contributed by atoms with Gasteiger partial charge in [-0.25, -0.2) is 4.79 Å². The Morgan fingerprint density at radius 2 is 1.58 bits per heavy atom. The molecule has 0 heterocycles. The molecular weight excluding hydrogens is 458 g/mol. The van der Waals surface area contributed by atoms with Crippen molar-refractivity contribution in [1.82, 2.24) is 5.32 Å². The molecule has 4 unspecified atom stereocenters. The SMILES string of the molecule is CCCCCCOC(=O)C(O)C(O)C(O)C(O)CO.Clc1ccccc1.N=C(N)NC(=N)N. The van der Waals surface area contributed by atoms with Crippen LogP contribution in [0.25, 0.3) is 0 Å². The van der Waals surface area contributed by atoms with E-state index in [0.717, 1.165) is 24.3 Å². The lowest BCUT2D eigenvalue weighted by Gasteiger charge is -2.24. The third-order valence-electron chi connectivity index (χ3n) is 3.74. The number of aliphatic hydroxyl groups excluding tert-OH is 5. The molecule has 0 aliphatic carbocycles. The van der Waals surface area contributed by atoms with Gasteiger partial charge in [-0.15, -0.1) is 0 Å². The Balaban J connectivity index is 0. The van der Waals surface area contributed by atoms with Crippen molar-refractivity contribution in [2.45, 2.75) is 57.0 Å². The van der Waals surface area contributed by atoms with Gasteiger partial charge in [0.05, 0.1) is 13.2 Å². The number of halogens is 1. The number of guanidine groups is 2. The van der Waals surface area contributed by atoms with E-state index in [0.29, 0.717) is 6.42 Å². The Morgan fingerprint density at radius 1 is 1.03 bits per heavy atom. The maximum absolute atomic E-state index is 11.3. The molecule has 0 saturated heterocycles. The van der Waals surface area contributed by atoms with Crippen molar-refractivity contribution >= 4 is 29.5 Å². The van der Waals surface area contributed by atoms with Gasteiger partial charge in [0, 0.05) is 5.02 Å². The lowest BCUT2D eigenvalue weighted by atomic mass is 10.0. The Bertz CT molecular complexity index is 657. The van der Waals surface area contributed by atoms with Gasteiger partial charge in [-0.3, -0.25) is 16.1 Å². The van der Waals surface area contributed by atoms with E-state index in [-0.39, 0.29) is 18.5 Å². The van der Waals surface area contributed by atoms with Crippen LogP contribution in [0.5, 0.6) is 0 Å². The van der Waals surface area contributed by atoms with Gasteiger partial charge < -0.3 is 41.7 Å². The summed E-state index contributed by atoms with van der Waals surface area (Å²) in [7, 11) is 0. The van der Waals surface area contributed by atoms with Crippen molar-refractivity contribution in [2.24, 2.45) is 11.5 Å². The highest BCUT2D eigenvalue weighted by molar-refractivity contribution is 6.30. The summed E-state index contributed by atoms with van der Waals surface area (Å²) in [4.78, 5) is 11.3. The van der Waals surface area contributed by atoms with Crippen LogP contribution < -0.4 is 16.8 Å². The molecule has 1 rings (SSSR count). The zero-order chi connectivity index (χ0) is 25.8. The maximum Gasteiger partial charge on any atom is 0.337 e. The second-order valence-corrected chi connectivity index (χ2v) is 7.09. The van der Waals surface area contributed by atoms with Crippen molar-refractivity contribution < 1.29 is 35.1 Å². The predicted octanol–water partition coefficient (Wildman–Crippen LogP) is -0.751. The summed E-state index contributed by atoms with van der Waals surface area (Å²) in [6, 6.07) is 9.44. The summed E-state index contributed by atoms with van der Waals surface area (Å²) in [5.74, 6) is -1.69. The molecule has 1 aromatic rings. The molecular formula is C20H36ClN5O7. The van der Waals surface area contributed by atoms with Crippen LogP contribution in [0, 0.1) is 10.8 Å². The van der Waals surface area contributed by atoms with Gasteiger partial charge >= 0.3 is 5.97 Å². The molecule has 1 aromatic carbocycles. The smallest absolute Gasteiger partial charge is 0.337 e. The summed E-state index contributed by atoms with van der Waals surface area (Å²) in [5, 5.41) is 61.6. The Labute approximate surface area is 198 Å². The molecule has 0 amide bonds.